The fraction of sp³-hybridized carbons (Fsp3) is 0.231. The normalized spacial score (nSPS) is 9.90. The third kappa shape index (κ3) is 2.07. The van der Waals surface area contributed by atoms with E-state index >= 15 is 0 Å². The maximum absolute atomic E-state index is 9.13. The number of aromatic nitrogens is 2. The molecule has 0 bridgehead atoms. The molecule has 3 N–H and O–H groups in total. The second-order valence-corrected chi connectivity index (χ2v) is 3.88. The van der Waals surface area contributed by atoms with Crippen molar-refractivity contribution in [1.82, 2.24) is 10.2 Å². The molecule has 0 unspecified atom stereocenters. The van der Waals surface area contributed by atoms with E-state index in [1.165, 1.54) is 21.3 Å². The minimum atomic E-state index is 0.149. The number of nitrogen functional groups attached to an aromatic ring is 1. The first kappa shape index (κ1) is 13.5. The van der Waals surface area contributed by atoms with Crippen LogP contribution in [0.5, 0.6) is 17.2 Å². The molecule has 0 aliphatic heterocycles. The van der Waals surface area contributed by atoms with Crippen molar-refractivity contribution in [3.05, 3.63) is 17.7 Å². The summed E-state index contributed by atoms with van der Waals surface area (Å²) < 4.78 is 15.8. The van der Waals surface area contributed by atoms with E-state index < -0.39 is 0 Å². The summed E-state index contributed by atoms with van der Waals surface area (Å²) in [6.45, 7) is 0. The van der Waals surface area contributed by atoms with Gasteiger partial charge < -0.3 is 19.9 Å². The molecule has 0 saturated carbocycles. The van der Waals surface area contributed by atoms with Gasteiger partial charge in [0.15, 0.2) is 17.3 Å². The smallest absolute Gasteiger partial charge is 0.203 e. The van der Waals surface area contributed by atoms with Crippen LogP contribution in [-0.4, -0.2) is 31.5 Å². The van der Waals surface area contributed by atoms with Gasteiger partial charge in [0.1, 0.15) is 11.6 Å². The number of rotatable bonds is 4. The number of H-pyrrole nitrogens is 1. The van der Waals surface area contributed by atoms with Crippen molar-refractivity contribution in [3.63, 3.8) is 0 Å². The van der Waals surface area contributed by atoms with E-state index in [4.69, 9.17) is 25.2 Å². The van der Waals surface area contributed by atoms with Gasteiger partial charge >= 0.3 is 0 Å². The third-order valence-electron chi connectivity index (χ3n) is 2.86. The largest absolute Gasteiger partial charge is 0.493 e. The Morgan fingerprint density at radius 2 is 1.75 bits per heavy atom. The molecule has 0 fully saturated rings. The Labute approximate surface area is 115 Å². The number of hydrogen-bond donors (Lipinski definition) is 2. The van der Waals surface area contributed by atoms with E-state index in [0.717, 1.165) is 0 Å². The van der Waals surface area contributed by atoms with Crippen molar-refractivity contribution in [1.29, 1.82) is 5.26 Å². The molecule has 0 aliphatic carbocycles. The van der Waals surface area contributed by atoms with Crippen LogP contribution in [0.2, 0.25) is 0 Å². The molecule has 104 valence electrons. The van der Waals surface area contributed by atoms with Crippen molar-refractivity contribution in [2.45, 2.75) is 0 Å². The molecule has 0 aliphatic rings. The quantitative estimate of drug-likeness (QED) is 0.876. The summed E-state index contributed by atoms with van der Waals surface area (Å²) in [5.74, 6) is 1.60. The van der Waals surface area contributed by atoms with Gasteiger partial charge in [-0.3, -0.25) is 5.10 Å². The fourth-order valence-corrected chi connectivity index (χ4v) is 1.90. The number of hydrogen-bond acceptors (Lipinski definition) is 6. The molecule has 2 aromatic rings. The van der Waals surface area contributed by atoms with Crippen molar-refractivity contribution in [3.8, 4) is 34.6 Å². The SMILES string of the molecule is COc1cc(-c2[nH]nc(N)c2C#N)cc(OC)c1OC. The van der Waals surface area contributed by atoms with Gasteiger partial charge in [0, 0.05) is 5.56 Å². The van der Waals surface area contributed by atoms with E-state index in [2.05, 4.69) is 10.2 Å². The zero-order valence-corrected chi connectivity index (χ0v) is 11.4. The monoisotopic (exact) mass is 274 g/mol. The van der Waals surface area contributed by atoms with Crippen LogP contribution >= 0.6 is 0 Å². The Morgan fingerprint density at radius 3 is 2.20 bits per heavy atom. The van der Waals surface area contributed by atoms with Crippen molar-refractivity contribution in [2.24, 2.45) is 0 Å². The van der Waals surface area contributed by atoms with Crippen LogP contribution in [0.3, 0.4) is 0 Å². The highest BCUT2D eigenvalue weighted by atomic mass is 16.5. The van der Waals surface area contributed by atoms with E-state index in [1.807, 2.05) is 6.07 Å². The lowest BCUT2D eigenvalue weighted by Gasteiger charge is -2.13. The summed E-state index contributed by atoms with van der Waals surface area (Å²) in [5, 5.41) is 15.7. The maximum Gasteiger partial charge on any atom is 0.203 e. The molecule has 2 rings (SSSR count). The van der Waals surface area contributed by atoms with Crippen molar-refractivity contribution < 1.29 is 14.2 Å². The van der Waals surface area contributed by atoms with Crippen LogP contribution < -0.4 is 19.9 Å². The minimum absolute atomic E-state index is 0.149. The molecule has 0 atom stereocenters. The van der Waals surface area contributed by atoms with Gasteiger partial charge in [0.05, 0.1) is 27.0 Å². The van der Waals surface area contributed by atoms with Gasteiger partial charge in [-0.2, -0.15) is 10.4 Å². The van der Waals surface area contributed by atoms with E-state index in [0.29, 0.717) is 28.5 Å². The first-order valence-corrected chi connectivity index (χ1v) is 5.70. The minimum Gasteiger partial charge on any atom is -0.493 e. The lowest BCUT2D eigenvalue weighted by Crippen LogP contribution is -1.96. The Bertz CT molecular complexity index is 648. The number of nitrogens with one attached hydrogen (secondary N) is 1. The molecule has 0 saturated heterocycles. The van der Waals surface area contributed by atoms with E-state index in [9.17, 15) is 0 Å². The van der Waals surface area contributed by atoms with Crippen LogP contribution in [0.1, 0.15) is 5.56 Å². The number of nitrogens with zero attached hydrogens (tertiary/aromatic N) is 2. The molecule has 1 aromatic heterocycles. The van der Waals surface area contributed by atoms with Crippen LogP contribution in [0, 0.1) is 11.3 Å². The molecule has 1 aromatic carbocycles. The number of aromatic amines is 1. The summed E-state index contributed by atoms with van der Waals surface area (Å²) in [6.07, 6.45) is 0. The van der Waals surface area contributed by atoms with Gasteiger partial charge in [0.2, 0.25) is 5.75 Å². The van der Waals surface area contributed by atoms with Gasteiger partial charge in [-0.15, -0.1) is 0 Å². The van der Waals surface area contributed by atoms with E-state index in [1.54, 1.807) is 12.1 Å². The second-order valence-electron chi connectivity index (χ2n) is 3.88. The Balaban J connectivity index is 2.66. The molecular weight excluding hydrogens is 260 g/mol. The fourth-order valence-electron chi connectivity index (χ4n) is 1.90. The summed E-state index contributed by atoms with van der Waals surface area (Å²) in [4.78, 5) is 0. The van der Waals surface area contributed by atoms with Crippen LogP contribution in [0.15, 0.2) is 12.1 Å². The Kier molecular flexibility index (Phi) is 3.66. The molecular formula is C13H14N4O3. The molecule has 7 nitrogen and oxygen atoms in total. The summed E-state index contributed by atoms with van der Waals surface area (Å²) >= 11 is 0. The average molecular weight is 274 g/mol. The van der Waals surface area contributed by atoms with Crippen LogP contribution in [0.4, 0.5) is 5.82 Å². The van der Waals surface area contributed by atoms with E-state index in [-0.39, 0.29) is 11.4 Å². The predicted molar refractivity (Wildman–Crippen MR) is 72.8 cm³/mol. The highest BCUT2D eigenvalue weighted by Crippen LogP contribution is 2.41. The maximum atomic E-state index is 9.13. The number of methoxy groups -OCH3 is 3. The second kappa shape index (κ2) is 5.40. The number of anilines is 1. The molecule has 7 heteroatoms. The number of nitrogens with two attached hydrogens (primary N) is 1. The first-order valence-electron chi connectivity index (χ1n) is 5.70. The molecule has 1 heterocycles. The topological polar surface area (TPSA) is 106 Å². The van der Waals surface area contributed by atoms with Crippen LogP contribution in [-0.2, 0) is 0 Å². The van der Waals surface area contributed by atoms with Gasteiger partial charge in [-0.25, -0.2) is 0 Å². The number of nitriles is 1. The lowest BCUT2D eigenvalue weighted by atomic mass is 10.1. The summed E-state index contributed by atoms with van der Waals surface area (Å²) in [7, 11) is 4.57. The molecule has 20 heavy (non-hydrogen) atoms. The summed E-state index contributed by atoms with van der Waals surface area (Å²) in [5.41, 5.74) is 7.08. The average Bonchev–Trinajstić information content (AvgIpc) is 2.86. The summed E-state index contributed by atoms with van der Waals surface area (Å²) in [6, 6.07) is 5.45. The lowest BCUT2D eigenvalue weighted by molar-refractivity contribution is 0.324. The number of ether oxygens (including phenoxy) is 3. The van der Waals surface area contributed by atoms with Gasteiger partial charge in [-0.1, -0.05) is 0 Å². The first-order chi connectivity index (χ1) is 9.65. The van der Waals surface area contributed by atoms with Crippen molar-refractivity contribution >= 4 is 5.82 Å². The Hall–Kier alpha value is -2.88. The Morgan fingerprint density at radius 1 is 1.15 bits per heavy atom. The predicted octanol–water partition coefficient (Wildman–Crippen LogP) is 1.56. The zero-order chi connectivity index (χ0) is 14.7. The number of benzene rings is 1. The molecule has 0 amide bonds. The van der Waals surface area contributed by atoms with Gasteiger partial charge in [-0.05, 0) is 12.1 Å². The zero-order valence-electron chi connectivity index (χ0n) is 11.4. The van der Waals surface area contributed by atoms with Crippen molar-refractivity contribution in [2.75, 3.05) is 27.1 Å². The molecule has 0 radical (unpaired) electrons. The third-order valence-corrected chi connectivity index (χ3v) is 2.86. The van der Waals surface area contributed by atoms with Gasteiger partial charge in [0.25, 0.3) is 0 Å². The molecule has 0 spiro atoms. The van der Waals surface area contributed by atoms with Crippen LogP contribution in [0.25, 0.3) is 11.3 Å². The highest BCUT2D eigenvalue weighted by Gasteiger charge is 2.18. The standard InChI is InChI=1S/C13H14N4O3/c1-18-9-4-7(5-10(19-2)12(9)20-3)11-8(6-14)13(15)17-16-11/h4-5H,1-3H3,(H3,15,16,17). The highest BCUT2D eigenvalue weighted by molar-refractivity contribution is 5.76.